The van der Waals surface area contributed by atoms with E-state index in [9.17, 15) is 9.13 Å². The molecule has 4 nitrogen and oxygen atoms in total. The summed E-state index contributed by atoms with van der Waals surface area (Å²) in [5.41, 5.74) is 4.14. The molecule has 1 atom stereocenters. The van der Waals surface area contributed by atoms with Crippen LogP contribution >= 0.6 is 37.0 Å². The van der Waals surface area contributed by atoms with Crippen LogP contribution in [0.5, 0.6) is 0 Å². The van der Waals surface area contributed by atoms with Gasteiger partial charge in [-0.15, -0.1) is 22.7 Å². The molecule has 8 heteroatoms. The van der Waals surface area contributed by atoms with Crippen molar-refractivity contribution in [2.45, 2.75) is 46.0 Å². The Kier molecular flexibility index (Phi) is 6.55. The molecule has 2 aromatic heterocycles. The predicted octanol–water partition coefficient (Wildman–Crippen LogP) is 7.18. The van der Waals surface area contributed by atoms with Gasteiger partial charge in [-0.2, -0.15) is 0 Å². The van der Waals surface area contributed by atoms with Crippen molar-refractivity contribution in [2.24, 2.45) is 0 Å². The molecule has 2 heterocycles. The largest absolute Gasteiger partial charge is 0.319 e. The fourth-order valence-corrected chi connectivity index (χ4v) is 11.3. The number of aromatic nitrogens is 2. The van der Waals surface area contributed by atoms with Crippen LogP contribution in [0.3, 0.4) is 0 Å². The van der Waals surface area contributed by atoms with E-state index in [1.807, 2.05) is 33.6 Å². The fraction of sp³-hybridized carbons (Fsp3) is 0.440. The predicted molar refractivity (Wildman–Crippen MR) is 148 cm³/mol. The molecule has 176 valence electrons. The van der Waals surface area contributed by atoms with E-state index < -0.39 is 14.3 Å². The average molecular weight is 519 g/mol. The SMILES string of the molecule is Cc1nc2ccc(C(C)Cc3nc4ccc(C(C)C)c(P(C)(C)=O)c4s3)c(P(C)(C)=O)c2s1. The lowest BCUT2D eigenvalue weighted by Crippen LogP contribution is -2.15. The van der Waals surface area contributed by atoms with E-state index >= 15 is 0 Å². The summed E-state index contributed by atoms with van der Waals surface area (Å²) in [4.78, 5) is 9.55. The first-order valence-electron chi connectivity index (χ1n) is 11.2. The Balaban J connectivity index is 1.81. The molecule has 33 heavy (non-hydrogen) atoms. The van der Waals surface area contributed by atoms with Gasteiger partial charge in [-0.25, -0.2) is 9.97 Å². The first kappa shape index (κ1) is 24.8. The molecule has 0 aliphatic carbocycles. The summed E-state index contributed by atoms with van der Waals surface area (Å²) in [6.45, 7) is 15.9. The van der Waals surface area contributed by atoms with Gasteiger partial charge in [-0.3, -0.25) is 0 Å². The van der Waals surface area contributed by atoms with Crippen LogP contribution in [-0.4, -0.2) is 36.6 Å². The first-order chi connectivity index (χ1) is 15.3. The van der Waals surface area contributed by atoms with Gasteiger partial charge in [-0.05, 0) is 68.7 Å². The molecule has 0 spiro atoms. The third-order valence-electron chi connectivity index (χ3n) is 5.99. The normalized spacial score (nSPS) is 14.0. The van der Waals surface area contributed by atoms with E-state index in [4.69, 9.17) is 4.98 Å². The summed E-state index contributed by atoms with van der Waals surface area (Å²) >= 11 is 3.29. The Labute approximate surface area is 204 Å². The maximum Gasteiger partial charge on any atom is 0.111 e. The van der Waals surface area contributed by atoms with Crippen LogP contribution in [0.4, 0.5) is 0 Å². The topological polar surface area (TPSA) is 59.9 Å². The van der Waals surface area contributed by atoms with Crippen molar-refractivity contribution in [1.29, 1.82) is 0 Å². The van der Waals surface area contributed by atoms with Gasteiger partial charge in [-0.1, -0.05) is 32.9 Å². The van der Waals surface area contributed by atoms with Gasteiger partial charge in [0.1, 0.15) is 14.3 Å². The highest BCUT2D eigenvalue weighted by atomic mass is 32.1. The van der Waals surface area contributed by atoms with Crippen molar-refractivity contribution in [3.05, 3.63) is 45.4 Å². The zero-order valence-electron chi connectivity index (χ0n) is 20.6. The van der Waals surface area contributed by atoms with Crippen molar-refractivity contribution in [3.8, 4) is 0 Å². The molecule has 0 fully saturated rings. The molecule has 0 bridgehead atoms. The minimum atomic E-state index is -2.51. The lowest BCUT2D eigenvalue weighted by molar-refractivity contribution is 0.587. The van der Waals surface area contributed by atoms with Crippen molar-refractivity contribution in [1.82, 2.24) is 9.97 Å². The second kappa shape index (κ2) is 8.72. The molecular weight excluding hydrogens is 486 g/mol. The van der Waals surface area contributed by atoms with Gasteiger partial charge in [0.15, 0.2) is 0 Å². The van der Waals surface area contributed by atoms with Gasteiger partial charge < -0.3 is 9.13 Å². The first-order valence-corrected chi connectivity index (χ1v) is 18.0. The quantitative estimate of drug-likeness (QED) is 0.254. The molecule has 2 aromatic carbocycles. The van der Waals surface area contributed by atoms with E-state index in [1.54, 1.807) is 22.7 Å². The number of nitrogens with zero attached hydrogens (tertiary/aromatic N) is 2. The Morgan fingerprint density at radius 3 is 1.88 bits per heavy atom. The van der Waals surface area contributed by atoms with Crippen molar-refractivity contribution in [3.63, 3.8) is 0 Å². The Hall–Kier alpha value is -1.32. The third-order valence-corrected chi connectivity index (χ3v) is 11.5. The highest BCUT2D eigenvalue weighted by Gasteiger charge is 2.27. The molecular formula is C25H32N2O2P2S2. The maximum atomic E-state index is 13.3. The van der Waals surface area contributed by atoms with Gasteiger partial charge in [0.2, 0.25) is 0 Å². The van der Waals surface area contributed by atoms with E-state index in [1.165, 1.54) is 0 Å². The minimum absolute atomic E-state index is 0.156. The average Bonchev–Trinajstić information content (AvgIpc) is 3.25. The highest BCUT2D eigenvalue weighted by molar-refractivity contribution is 7.71. The van der Waals surface area contributed by atoms with Gasteiger partial charge in [0, 0.05) is 17.0 Å². The summed E-state index contributed by atoms with van der Waals surface area (Å²) in [5, 5.41) is 3.98. The maximum absolute atomic E-state index is 13.3. The molecule has 0 saturated heterocycles. The Morgan fingerprint density at radius 1 is 0.788 bits per heavy atom. The molecule has 4 aromatic rings. The van der Waals surface area contributed by atoms with E-state index in [0.29, 0.717) is 5.92 Å². The number of thiazole rings is 2. The van der Waals surface area contributed by atoms with E-state index in [2.05, 4.69) is 50.0 Å². The molecule has 4 rings (SSSR count). The zero-order chi connectivity index (χ0) is 24.3. The summed E-state index contributed by atoms with van der Waals surface area (Å²) in [6, 6.07) is 8.32. The standard InChI is InChI=1S/C25H32N2O2P2S2/c1-14(2)17-9-11-20-25(22(17)30(5,6)28)33-21(27-20)13-15(3)18-10-12-19-24(32-16(4)26-19)23(18)31(7,8)29/h9-12,14-15H,13H2,1-8H3. The number of hydrogen-bond donors (Lipinski definition) is 0. The van der Waals surface area contributed by atoms with Crippen molar-refractivity contribution < 1.29 is 9.13 Å². The minimum Gasteiger partial charge on any atom is -0.319 e. The summed E-state index contributed by atoms with van der Waals surface area (Å²) in [7, 11) is -4.97. The van der Waals surface area contributed by atoms with Crippen LogP contribution < -0.4 is 10.6 Å². The molecule has 0 N–H and O–H groups in total. The van der Waals surface area contributed by atoms with Crippen LogP contribution in [0.2, 0.25) is 0 Å². The molecule has 0 radical (unpaired) electrons. The second-order valence-electron chi connectivity index (χ2n) is 10.0. The van der Waals surface area contributed by atoms with Crippen LogP contribution in [0, 0.1) is 6.92 Å². The summed E-state index contributed by atoms with van der Waals surface area (Å²) < 4.78 is 28.7. The van der Waals surface area contributed by atoms with Gasteiger partial charge >= 0.3 is 0 Å². The number of rotatable bonds is 6. The molecule has 0 aliphatic rings. The second-order valence-corrected chi connectivity index (χ2v) is 18.6. The van der Waals surface area contributed by atoms with Crippen LogP contribution in [0.1, 0.15) is 53.7 Å². The highest BCUT2D eigenvalue weighted by Crippen LogP contribution is 2.44. The van der Waals surface area contributed by atoms with Gasteiger partial charge in [0.05, 0.1) is 30.4 Å². The summed E-state index contributed by atoms with van der Waals surface area (Å²) in [5.74, 6) is 0.464. The van der Waals surface area contributed by atoms with Crippen molar-refractivity contribution in [2.75, 3.05) is 26.7 Å². The van der Waals surface area contributed by atoms with Gasteiger partial charge in [0.25, 0.3) is 0 Å². The lowest BCUT2D eigenvalue weighted by atomic mass is 9.98. The Morgan fingerprint density at radius 2 is 1.30 bits per heavy atom. The smallest absolute Gasteiger partial charge is 0.111 e. The van der Waals surface area contributed by atoms with Crippen LogP contribution in [-0.2, 0) is 15.6 Å². The van der Waals surface area contributed by atoms with E-state index in [0.717, 1.165) is 58.6 Å². The number of fused-ring (bicyclic) bond motifs is 2. The monoisotopic (exact) mass is 518 g/mol. The summed E-state index contributed by atoms with van der Waals surface area (Å²) in [6.07, 6.45) is 0.754. The molecule has 0 aliphatic heterocycles. The zero-order valence-corrected chi connectivity index (χ0v) is 24.0. The lowest BCUT2D eigenvalue weighted by Gasteiger charge is -2.19. The van der Waals surface area contributed by atoms with Crippen molar-refractivity contribution >= 4 is 68.0 Å². The number of benzene rings is 2. The fourth-order valence-electron chi connectivity index (χ4n) is 4.58. The molecule has 0 saturated carbocycles. The number of hydrogen-bond acceptors (Lipinski definition) is 6. The Bertz CT molecular complexity index is 1460. The number of aryl methyl sites for hydroxylation is 1. The third kappa shape index (κ3) is 4.78. The molecule has 1 unspecified atom stereocenters. The molecule has 0 amide bonds. The van der Waals surface area contributed by atoms with Crippen LogP contribution in [0.15, 0.2) is 24.3 Å². The van der Waals surface area contributed by atoms with E-state index in [-0.39, 0.29) is 5.92 Å². The van der Waals surface area contributed by atoms with Crippen LogP contribution in [0.25, 0.3) is 20.4 Å².